The maximum absolute atomic E-state index is 6.05. The fraction of sp³-hybridized carbons (Fsp3) is 0.667. The van der Waals surface area contributed by atoms with Crippen molar-refractivity contribution in [1.82, 2.24) is 14.3 Å². The van der Waals surface area contributed by atoms with Crippen LogP contribution in [0.2, 0.25) is 0 Å². The topological polar surface area (TPSA) is 49.8 Å². The molecule has 2 aromatic rings. The van der Waals surface area contributed by atoms with E-state index in [2.05, 4.69) is 60.6 Å². The molecule has 0 aliphatic carbocycles. The van der Waals surface area contributed by atoms with Crippen molar-refractivity contribution in [2.75, 3.05) is 32.1 Å². The van der Waals surface area contributed by atoms with Gasteiger partial charge in [0.15, 0.2) is 10.8 Å². The van der Waals surface area contributed by atoms with Gasteiger partial charge >= 0.3 is 0 Å². The number of imidazole rings is 1. The van der Waals surface area contributed by atoms with Gasteiger partial charge in [-0.2, -0.15) is 0 Å². The Kier molecular flexibility index (Phi) is 5.24. The number of anilines is 1. The second kappa shape index (κ2) is 6.77. The number of nitrogens with two attached hydrogens (primary N) is 1. The van der Waals surface area contributed by atoms with Crippen molar-refractivity contribution in [3.63, 3.8) is 0 Å². The Morgan fingerprint density at radius 3 is 2.67 bits per heavy atom. The molecule has 2 heterocycles. The van der Waals surface area contributed by atoms with Crippen LogP contribution in [0.3, 0.4) is 0 Å². The summed E-state index contributed by atoms with van der Waals surface area (Å²) in [6.45, 7) is 8.46. The lowest BCUT2D eigenvalue weighted by Crippen LogP contribution is -2.41. The highest BCUT2D eigenvalue weighted by atomic mass is 32.1. The van der Waals surface area contributed by atoms with Crippen molar-refractivity contribution in [1.29, 1.82) is 0 Å². The molecule has 2 atom stereocenters. The average Bonchev–Trinajstić information content (AvgIpc) is 2.93. The Morgan fingerprint density at radius 2 is 2.10 bits per heavy atom. The van der Waals surface area contributed by atoms with Crippen LogP contribution in [0.25, 0.3) is 4.96 Å². The van der Waals surface area contributed by atoms with Gasteiger partial charge in [-0.3, -0.25) is 4.40 Å². The molecular formula is C15H27N5S. The summed E-state index contributed by atoms with van der Waals surface area (Å²) in [6, 6.07) is 0.549. The number of rotatable bonds is 7. The Balaban J connectivity index is 2.39. The first kappa shape index (κ1) is 16.3. The molecule has 0 saturated heterocycles. The highest BCUT2D eigenvalue weighted by Gasteiger charge is 2.22. The molecule has 5 nitrogen and oxygen atoms in total. The number of hydrogen-bond donors (Lipinski definition) is 1. The van der Waals surface area contributed by atoms with Gasteiger partial charge in [-0.15, -0.1) is 11.3 Å². The van der Waals surface area contributed by atoms with Gasteiger partial charge in [0, 0.05) is 43.2 Å². The molecule has 2 unspecified atom stereocenters. The Hall–Kier alpha value is -1.11. The smallest absolute Gasteiger partial charge is 0.195 e. The second-order valence-electron chi connectivity index (χ2n) is 6.02. The van der Waals surface area contributed by atoms with Crippen LogP contribution in [0, 0.1) is 0 Å². The molecule has 21 heavy (non-hydrogen) atoms. The standard InChI is InChI=1S/C15H27N5S/c1-6-19(12(3)10-18(4)5)14-13(9-11(2)16)20-7-8-21-15(20)17-14/h7-8,11-12H,6,9-10,16H2,1-5H3. The molecule has 0 saturated carbocycles. The van der Waals surface area contributed by atoms with Crippen molar-refractivity contribution in [3.05, 3.63) is 17.3 Å². The van der Waals surface area contributed by atoms with Crippen LogP contribution in [-0.2, 0) is 6.42 Å². The average molecular weight is 309 g/mol. The second-order valence-corrected chi connectivity index (χ2v) is 6.89. The minimum atomic E-state index is 0.131. The Morgan fingerprint density at radius 1 is 1.38 bits per heavy atom. The maximum Gasteiger partial charge on any atom is 0.195 e. The van der Waals surface area contributed by atoms with Crippen LogP contribution in [-0.4, -0.2) is 53.6 Å². The number of hydrogen-bond acceptors (Lipinski definition) is 5. The van der Waals surface area contributed by atoms with E-state index in [4.69, 9.17) is 10.7 Å². The summed E-state index contributed by atoms with van der Waals surface area (Å²) in [5.41, 5.74) is 7.28. The first-order valence-corrected chi connectivity index (χ1v) is 8.43. The molecule has 0 radical (unpaired) electrons. The van der Waals surface area contributed by atoms with Crippen LogP contribution in [0.15, 0.2) is 11.6 Å². The zero-order valence-corrected chi connectivity index (χ0v) is 14.5. The Bertz CT molecular complexity index is 572. The number of aromatic nitrogens is 2. The predicted molar refractivity (Wildman–Crippen MR) is 91.5 cm³/mol. The third-order valence-corrected chi connectivity index (χ3v) is 4.39. The van der Waals surface area contributed by atoms with Gasteiger partial charge in [0.25, 0.3) is 0 Å². The molecule has 0 aliphatic rings. The SMILES string of the molecule is CCN(c1nc2sccn2c1CC(C)N)C(C)CN(C)C. The van der Waals surface area contributed by atoms with Gasteiger partial charge < -0.3 is 15.5 Å². The van der Waals surface area contributed by atoms with E-state index in [1.165, 1.54) is 5.69 Å². The van der Waals surface area contributed by atoms with Crippen molar-refractivity contribution < 1.29 is 0 Å². The number of thiazole rings is 1. The zero-order valence-electron chi connectivity index (χ0n) is 13.7. The predicted octanol–water partition coefficient (Wildman–Crippen LogP) is 2.06. The summed E-state index contributed by atoms with van der Waals surface area (Å²) in [7, 11) is 4.22. The zero-order chi connectivity index (χ0) is 15.6. The Labute approximate surface area is 131 Å². The van der Waals surface area contributed by atoms with E-state index in [9.17, 15) is 0 Å². The molecule has 6 heteroatoms. The minimum absolute atomic E-state index is 0.131. The van der Waals surface area contributed by atoms with Gasteiger partial charge in [0.1, 0.15) is 0 Å². The van der Waals surface area contributed by atoms with Crippen LogP contribution in [0.1, 0.15) is 26.5 Å². The first-order valence-electron chi connectivity index (χ1n) is 7.55. The van der Waals surface area contributed by atoms with Crippen LogP contribution >= 0.6 is 11.3 Å². The third-order valence-electron chi connectivity index (χ3n) is 3.63. The quantitative estimate of drug-likeness (QED) is 0.850. The molecule has 2 N–H and O–H groups in total. The molecule has 118 valence electrons. The number of fused-ring (bicyclic) bond motifs is 1. The molecule has 0 bridgehead atoms. The lowest BCUT2D eigenvalue weighted by Gasteiger charge is -2.31. The first-order chi connectivity index (χ1) is 9.93. The normalized spacial score (nSPS) is 14.8. The number of nitrogens with zero attached hydrogens (tertiary/aromatic N) is 4. The molecule has 2 rings (SSSR count). The summed E-state index contributed by atoms with van der Waals surface area (Å²) in [6.07, 6.45) is 2.94. The molecule has 0 amide bonds. The van der Waals surface area contributed by atoms with E-state index in [-0.39, 0.29) is 6.04 Å². The van der Waals surface area contributed by atoms with Gasteiger partial charge in [0.2, 0.25) is 0 Å². The van der Waals surface area contributed by atoms with E-state index in [1.54, 1.807) is 11.3 Å². The van der Waals surface area contributed by atoms with Crippen molar-refractivity contribution in [2.45, 2.75) is 39.3 Å². The highest BCUT2D eigenvalue weighted by Crippen LogP contribution is 2.27. The van der Waals surface area contributed by atoms with Crippen LogP contribution in [0.5, 0.6) is 0 Å². The van der Waals surface area contributed by atoms with Crippen molar-refractivity contribution in [2.24, 2.45) is 5.73 Å². The summed E-state index contributed by atoms with van der Waals surface area (Å²) < 4.78 is 2.19. The summed E-state index contributed by atoms with van der Waals surface area (Å²) in [4.78, 5) is 10.5. The molecule has 2 aromatic heterocycles. The monoisotopic (exact) mass is 309 g/mol. The minimum Gasteiger partial charge on any atom is -0.351 e. The largest absolute Gasteiger partial charge is 0.351 e. The summed E-state index contributed by atoms with van der Waals surface area (Å²) >= 11 is 1.68. The van der Waals surface area contributed by atoms with Gasteiger partial charge in [-0.1, -0.05) is 0 Å². The summed E-state index contributed by atoms with van der Waals surface area (Å²) in [5, 5.41) is 2.08. The van der Waals surface area contributed by atoms with Gasteiger partial charge in [-0.05, 0) is 34.9 Å². The van der Waals surface area contributed by atoms with Crippen LogP contribution in [0.4, 0.5) is 5.82 Å². The molecule has 0 aliphatic heterocycles. The van der Waals surface area contributed by atoms with Crippen molar-refractivity contribution >= 4 is 22.1 Å². The fourth-order valence-corrected chi connectivity index (χ4v) is 3.57. The van der Waals surface area contributed by atoms with E-state index in [0.29, 0.717) is 6.04 Å². The lowest BCUT2D eigenvalue weighted by atomic mass is 10.1. The molecule has 0 aromatic carbocycles. The highest BCUT2D eigenvalue weighted by molar-refractivity contribution is 7.15. The van der Waals surface area contributed by atoms with E-state index < -0.39 is 0 Å². The number of likely N-dealkylation sites (N-methyl/N-ethyl adjacent to an activating group) is 2. The van der Waals surface area contributed by atoms with Crippen LogP contribution < -0.4 is 10.6 Å². The molecule has 0 fully saturated rings. The van der Waals surface area contributed by atoms with E-state index in [0.717, 1.165) is 30.3 Å². The van der Waals surface area contributed by atoms with Gasteiger partial charge in [-0.25, -0.2) is 4.98 Å². The maximum atomic E-state index is 6.05. The fourth-order valence-electron chi connectivity index (χ4n) is 2.84. The molecular weight excluding hydrogens is 282 g/mol. The molecule has 0 spiro atoms. The van der Waals surface area contributed by atoms with Crippen molar-refractivity contribution in [3.8, 4) is 0 Å². The lowest BCUT2D eigenvalue weighted by molar-refractivity contribution is 0.372. The van der Waals surface area contributed by atoms with E-state index >= 15 is 0 Å². The van der Waals surface area contributed by atoms with E-state index in [1.807, 2.05) is 0 Å². The van der Waals surface area contributed by atoms with Gasteiger partial charge in [0.05, 0.1) is 5.69 Å². The summed E-state index contributed by atoms with van der Waals surface area (Å²) in [5.74, 6) is 1.09. The third kappa shape index (κ3) is 3.56.